The topological polar surface area (TPSA) is 59.5 Å². The van der Waals surface area contributed by atoms with E-state index in [0.29, 0.717) is 12.5 Å². The minimum atomic E-state index is 0.509. The normalized spacial score (nSPS) is 21.1. The molecule has 0 spiro atoms. The summed E-state index contributed by atoms with van der Waals surface area (Å²) in [7, 11) is 2.20. The average molecular weight is 259 g/mol. The predicted molar refractivity (Wildman–Crippen MR) is 74.8 cm³/mol. The molecule has 19 heavy (non-hydrogen) atoms. The molecule has 3 heterocycles. The molecule has 0 aliphatic carbocycles. The van der Waals surface area contributed by atoms with E-state index in [4.69, 9.17) is 5.73 Å². The second kappa shape index (κ2) is 5.27. The average Bonchev–Trinajstić information content (AvgIpc) is 2.82. The third kappa shape index (κ3) is 2.48. The van der Waals surface area contributed by atoms with E-state index < -0.39 is 0 Å². The van der Waals surface area contributed by atoms with Crippen molar-refractivity contribution >= 4 is 5.65 Å². The van der Waals surface area contributed by atoms with Gasteiger partial charge in [0, 0.05) is 31.3 Å². The van der Waals surface area contributed by atoms with Gasteiger partial charge in [-0.25, -0.2) is 0 Å². The van der Waals surface area contributed by atoms with Crippen molar-refractivity contribution in [3.63, 3.8) is 0 Å². The maximum atomic E-state index is 5.74. The van der Waals surface area contributed by atoms with E-state index in [2.05, 4.69) is 26.5 Å². The molecular weight excluding hydrogens is 238 g/mol. The Morgan fingerprint density at radius 3 is 3.11 bits per heavy atom. The number of aromatic nitrogens is 3. The third-order valence-corrected chi connectivity index (χ3v) is 4.00. The van der Waals surface area contributed by atoms with Crippen LogP contribution >= 0.6 is 0 Å². The zero-order valence-corrected chi connectivity index (χ0v) is 11.4. The lowest BCUT2D eigenvalue weighted by molar-refractivity contribution is 0.207. The first-order valence-corrected chi connectivity index (χ1v) is 6.98. The van der Waals surface area contributed by atoms with Gasteiger partial charge in [-0.3, -0.25) is 4.40 Å². The summed E-state index contributed by atoms with van der Waals surface area (Å²) >= 11 is 0. The molecule has 1 unspecified atom stereocenters. The number of fused-ring (bicyclic) bond motifs is 1. The molecule has 0 aromatic carbocycles. The van der Waals surface area contributed by atoms with Gasteiger partial charge in [0.15, 0.2) is 5.65 Å². The summed E-state index contributed by atoms with van der Waals surface area (Å²) in [5, 5.41) is 8.66. The maximum absolute atomic E-state index is 5.74. The molecule has 1 fully saturated rings. The van der Waals surface area contributed by atoms with Crippen LogP contribution in [-0.4, -0.2) is 39.6 Å². The fraction of sp³-hybridized carbons (Fsp3) is 0.571. The summed E-state index contributed by atoms with van der Waals surface area (Å²) in [5.41, 5.74) is 7.70. The van der Waals surface area contributed by atoms with Crippen LogP contribution in [0.3, 0.4) is 0 Å². The highest BCUT2D eigenvalue weighted by atomic mass is 15.2. The third-order valence-electron chi connectivity index (χ3n) is 4.00. The van der Waals surface area contributed by atoms with Crippen molar-refractivity contribution in [2.24, 2.45) is 11.7 Å². The van der Waals surface area contributed by atoms with E-state index in [1.807, 2.05) is 18.3 Å². The maximum Gasteiger partial charge on any atom is 0.165 e. The van der Waals surface area contributed by atoms with Crippen LogP contribution in [0, 0.1) is 5.92 Å². The lowest BCUT2D eigenvalue weighted by atomic mass is 9.95. The molecule has 0 bridgehead atoms. The van der Waals surface area contributed by atoms with Gasteiger partial charge in [-0.2, -0.15) is 0 Å². The van der Waals surface area contributed by atoms with Gasteiger partial charge in [-0.15, -0.1) is 10.2 Å². The minimum absolute atomic E-state index is 0.509. The van der Waals surface area contributed by atoms with Crippen molar-refractivity contribution in [2.75, 3.05) is 20.1 Å². The first-order chi connectivity index (χ1) is 9.28. The van der Waals surface area contributed by atoms with Crippen molar-refractivity contribution < 1.29 is 0 Å². The van der Waals surface area contributed by atoms with Crippen molar-refractivity contribution in [3.8, 4) is 0 Å². The highest BCUT2D eigenvalue weighted by molar-refractivity contribution is 5.47. The Labute approximate surface area is 113 Å². The van der Waals surface area contributed by atoms with Crippen LogP contribution in [0.4, 0.5) is 0 Å². The fourth-order valence-corrected chi connectivity index (χ4v) is 3.02. The second-order valence-electron chi connectivity index (χ2n) is 5.52. The van der Waals surface area contributed by atoms with Gasteiger partial charge in [-0.1, -0.05) is 6.07 Å². The fourth-order valence-electron chi connectivity index (χ4n) is 3.02. The highest BCUT2D eigenvalue weighted by Crippen LogP contribution is 2.20. The Balaban J connectivity index is 1.85. The summed E-state index contributed by atoms with van der Waals surface area (Å²) in [6, 6.07) is 4.04. The minimum Gasteiger partial charge on any atom is -0.326 e. The van der Waals surface area contributed by atoms with Crippen molar-refractivity contribution in [3.05, 3.63) is 29.7 Å². The first kappa shape index (κ1) is 12.6. The molecule has 2 aromatic rings. The van der Waals surface area contributed by atoms with Crippen LogP contribution in [0.5, 0.6) is 0 Å². The number of nitrogens with two attached hydrogens (primary N) is 1. The molecule has 102 valence electrons. The van der Waals surface area contributed by atoms with Gasteiger partial charge in [0.2, 0.25) is 0 Å². The predicted octanol–water partition coefficient (Wildman–Crippen LogP) is 1.07. The van der Waals surface area contributed by atoms with E-state index in [1.165, 1.54) is 19.4 Å². The molecule has 1 atom stereocenters. The summed E-state index contributed by atoms with van der Waals surface area (Å²) in [6.07, 6.45) is 5.61. The number of hydrogen-bond donors (Lipinski definition) is 1. The molecule has 5 nitrogen and oxygen atoms in total. The van der Waals surface area contributed by atoms with Crippen molar-refractivity contribution in [1.29, 1.82) is 0 Å². The Morgan fingerprint density at radius 1 is 1.42 bits per heavy atom. The Bertz CT molecular complexity index is 562. The van der Waals surface area contributed by atoms with Crippen LogP contribution in [0.25, 0.3) is 5.65 Å². The summed E-state index contributed by atoms with van der Waals surface area (Å²) in [6.45, 7) is 2.88. The van der Waals surface area contributed by atoms with E-state index in [-0.39, 0.29) is 0 Å². The number of hydrogen-bond acceptors (Lipinski definition) is 4. The van der Waals surface area contributed by atoms with Crippen LogP contribution in [0.15, 0.2) is 18.3 Å². The van der Waals surface area contributed by atoms with Crippen molar-refractivity contribution in [1.82, 2.24) is 19.5 Å². The number of nitrogens with zero attached hydrogens (tertiary/aromatic N) is 4. The Kier molecular flexibility index (Phi) is 3.48. The molecule has 0 amide bonds. The molecular formula is C14H21N5. The smallest absolute Gasteiger partial charge is 0.165 e. The Hall–Kier alpha value is -1.46. The van der Waals surface area contributed by atoms with E-state index in [9.17, 15) is 0 Å². The van der Waals surface area contributed by atoms with Crippen LogP contribution in [-0.2, 0) is 13.0 Å². The lowest BCUT2D eigenvalue weighted by Gasteiger charge is -2.29. The molecule has 5 heteroatoms. The van der Waals surface area contributed by atoms with E-state index in [0.717, 1.165) is 30.0 Å². The van der Waals surface area contributed by atoms with Gasteiger partial charge in [0.05, 0.1) is 0 Å². The van der Waals surface area contributed by atoms with Crippen molar-refractivity contribution in [2.45, 2.75) is 25.8 Å². The summed E-state index contributed by atoms with van der Waals surface area (Å²) in [4.78, 5) is 2.41. The van der Waals surface area contributed by atoms with Gasteiger partial charge in [-0.05, 0) is 38.4 Å². The Morgan fingerprint density at radius 2 is 2.32 bits per heavy atom. The van der Waals surface area contributed by atoms with Gasteiger partial charge in [0.1, 0.15) is 5.82 Å². The molecule has 1 aliphatic rings. The SMILES string of the molecule is CN1CCCC(Cc2nnc3c(CN)cccn23)C1. The quantitative estimate of drug-likeness (QED) is 0.896. The molecule has 1 aliphatic heterocycles. The molecule has 2 N–H and O–H groups in total. The number of likely N-dealkylation sites (tertiary alicyclic amines) is 1. The number of pyridine rings is 1. The summed E-state index contributed by atoms with van der Waals surface area (Å²) in [5.74, 6) is 1.75. The van der Waals surface area contributed by atoms with Crippen LogP contribution in [0.1, 0.15) is 24.2 Å². The standard InChI is InChI=1S/C14H21N5/c1-18-6-2-4-11(10-18)8-13-16-17-14-12(9-15)5-3-7-19(13)14/h3,5,7,11H,2,4,6,8-10,15H2,1H3. The zero-order valence-electron chi connectivity index (χ0n) is 11.4. The summed E-state index contributed by atoms with van der Waals surface area (Å²) < 4.78 is 2.09. The monoisotopic (exact) mass is 259 g/mol. The molecule has 0 saturated carbocycles. The lowest BCUT2D eigenvalue weighted by Crippen LogP contribution is -2.33. The van der Waals surface area contributed by atoms with Crippen LogP contribution < -0.4 is 5.73 Å². The molecule has 0 radical (unpaired) electrons. The van der Waals surface area contributed by atoms with E-state index in [1.54, 1.807) is 0 Å². The first-order valence-electron chi connectivity index (χ1n) is 6.98. The second-order valence-corrected chi connectivity index (χ2v) is 5.52. The largest absolute Gasteiger partial charge is 0.326 e. The molecule has 2 aromatic heterocycles. The zero-order chi connectivity index (χ0) is 13.2. The van der Waals surface area contributed by atoms with E-state index >= 15 is 0 Å². The molecule has 3 rings (SSSR count). The van der Waals surface area contributed by atoms with Gasteiger partial charge in [0.25, 0.3) is 0 Å². The van der Waals surface area contributed by atoms with Gasteiger partial charge < -0.3 is 10.6 Å². The number of piperidine rings is 1. The van der Waals surface area contributed by atoms with Crippen LogP contribution in [0.2, 0.25) is 0 Å². The highest BCUT2D eigenvalue weighted by Gasteiger charge is 2.20. The number of rotatable bonds is 3. The van der Waals surface area contributed by atoms with Gasteiger partial charge >= 0.3 is 0 Å². The molecule has 1 saturated heterocycles.